The van der Waals surface area contributed by atoms with Crippen LogP contribution in [-0.4, -0.2) is 68.7 Å². The number of alkyl halides is 1. The van der Waals surface area contributed by atoms with Gasteiger partial charge in [0.1, 0.15) is 22.2 Å². The van der Waals surface area contributed by atoms with E-state index in [4.69, 9.17) is 4.74 Å². The molecule has 0 aliphatic carbocycles. The third-order valence-electron chi connectivity index (χ3n) is 3.37. The van der Waals surface area contributed by atoms with E-state index in [2.05, 4.69) is 8.83 Å². The Morgan fingerprint density at radius 1 is 1.17 bits per heavy atom. The summed E-state index contributed by atoms with van der Waals surface area (Å²) in [4.78, 5) is 56.0. The van der Waals surface area contributed by atoms with E-state index in [1.54, 1.807) is 22.6 Å². The van der Waals surface area contributed by atoms with E-state index in [1.807, 2.05) is 5.32 Å². The van der Waals surface area contributed by atoms with Crippen LogP contribution >= 0.6 is 38.2 Å². The van der Waals surface area contributed by atoms with Gasteiger partial charge in [0.15, 0.2) is 6.23 Å². The van der Waals surface area contributed by atoms with Gasteiger partial charge < -0.3 is 38.7 Å². The van der Waals surface area contributed by atoms with E-state index in [0.29, 0.717) is 0 Å². The molecule has 29 heavy (non-hydrogen) atoms. The van der Waals surface area contributed by atoms with E-state index < -0.39 is 62.7 Å². The SMILES string of the molecule is O=C1NC(=O)N(C2OC(COP(=O)([O-])OP(=O)([O-])[O-])C(O)C2O)CC1I.[Na+].[Na+].[Na+]. The third-order valence-corrected chi connectivity index (χ3v) is 6.40. The van der Waals surface area contributed by atoms with E-state index >= 15 is 0 Å². The average molecular weight is 598 g/mol. The van der Waals surface area contributed by atoms with Gasteiger partial charge >= 0.3 is 94.7 Å². The second-order valence-corrected chi connectivity index (χ2v) is 9.44. The van der Waals surface area contributed by atoms with Crippen molar-refractivity contribution in [1.82, 2.24) is 10.2 Å². The molecule has 0 aromatic heterocycles. The van der Waals surface area contributed by atoms with Crippen molar-refractivity contribution in [3.05, 3.63) is 0 Å². The summed E-state index contributed by atoms with van der Waals surface area (Å²) in [6, 6.07) is -0.891. The maximum absolute atomic E-state index is 11.8. The molecular weight excluding hydrogens is 586 g/mol. The van der Waals surface area contributed by atoms with Crippen LogP contribution in [0.3, 0.4) is 0 Å². The zero-order valence-corrected chi connectivity index (χ0v) is 25.4. The number of aliphatic hydroxyl groups excluding tert-OH is 2. The molecular formula is C9H12IN2Na3O12P2. The van der Waals surface area contributed by atoms with Crippen LogP contribution < -0.4 is 109 Å². The van der Waals surface area contributed by atoms with Gasteiger partial charge in [0.25, 0.3) is 7.82 Å². The second kappa shape index (κ2) is 13.6. The fourth-order valence-corrected chi connectivity index (χ4v) is 4.33. The minimum atomic E-state index is -5.88. The molecule has 6 unspecified atom stereocenters. The normalized spacial score (nSPS) is 31.7. The van der Waals surface area contributed by atoms with Crippen LogP contribution in [0.2, 0.25) is 0 Å². The molecule has 14 nitrogen and oxygen atoms in total. The zero-order valence-electron chi connectivity index (χ0n) is 15.5. The van der Waals surface area contributed by atoms with Crippen LogP contribution in [0, 0.1) is 0 Å². The Bertz CT molecular complexity index is 685. The molecule has 20 heteroatoms. The van der Waals surface area contributed by atoms with E-state index in [9.17, 15) is 43.6 Å². The predicted molar refractivity (Wildman–Crippen MR) is 81.0 cm³/mol. The van der Waals surface area contributed by atoms with Crippen LogP contribution in [0.15, 0.2) is 0 Å². The number of rotatable bonds is 6. The molecule has 2 aliphatic rings. The first kappa shape index (κ1) is 34.0. The second-order valence-electron chi connectivity index (χ2n) is 5.23. The smallest absolute Gasteiger partial charge is 0.790 e. The minimum Gasteiger partial charge on any atom is -0.790 e. The predicted octanol–water partition coefficient (Wildman–Crippen LogP) is -12.9. The number of halogens is 1. The number of aliphatic hydroxyl groups is 2. The number of phosphoric ester groups is 1. The van der Waals surface area contributed by atoms with Crippen molar-refractivity contribution in [3.8, 4) is 0 Å². The number of phosphoric acid groups is 2. The number of carbonyl (C=O) groups is 2. The molecule has 0 bridgehead atoms. The number of imide groups is 1. The Morgan fingerprint density at radius 3 is 2.24 bits per heavy atom. The molecule has 0 spiro atoms. The molecule has 2 fully saturated rings. The Morgan fingerprint density at radius 2 is 1.72 bits per heavy atom. The van der Waals surface area contributed by atoms with Gasteiger partial charge in [-0.1, -0.05) is 22.6 Å². The van der Waals surface area contributed by atoms with Crippen LogP contribution in [0.25, 0.3) is 0 Å². The van der Waals surface area contributed by atoms with E-state index in [1.165, 1.54) is 0 Å². The zero-order chi connectivity index (χ0) is 19.9. The Hall–Kier alpha value is 2.81. The van der Waals surface area contributed by atoms with Gasteiger partial charge in [-0.25, -0.2) is 4.79 Å². The topological polar surface area (TPSA) is 221 Å². The average Bonchev–Trinajstić information content (AvgIpc) is 2.75. The molecule has 150 valence electrons. The molecule has 2 aliphatic heterocycles. The van der Waals surface area contributed by atoms with Crippen LogP contribution in [0.5, 0.6) is 0 Å². The van der Waals surface area contributed by atoms with Crippen LogP contribution in [0.1, 0.15) is 0 Å². The first-order valence-corrected chi connectivity index (χ1v) is 10.9. The largest absolute Gasteiger partial charge is 1.00 e. The first-order chi connectivity index (χ1) is 11.8. The van der Waals surface area contributed by atoms with Crippen molar-refractivity contribution in [3.63, 3.8) is 0 Å². The van der Waals surface area contributed by atoms with Gasteiger partial charge in [-0.05, 0) is 0 Å². The summed E-state index contributed by atoms with van der Waals surface area (Å²) < 4.78 is 33.4. The first-order valence-electron chi connectivity index (χ1n) is 6.77. The van der Waals surface area contributed by atoms with Crippen molar-refractivity contribution in [2.45, 2.75) is 28.5 Å². The standard InChI is InChI=1S/C9H15IN2O12P2.3Na/c10-3-1-12(9(16)11-7(3)15)8-6(14)5(13)4(23-8)2-22-26(20,21)24-25(17,18)19;;;/h3-6,8,13-14H,1-2H2,(H,20,21)(H,11,15,16)(H2,17,18,19);;;/q;3*+1/p-3. The molecule has 3 amide bonds. The van der Waals surface area contributed by atoms with Crippen molar-refractivity contribution < 1.29 is 146 Å². The summed E-state index contributed by atoms with van der Waals surface area (Å²) in [5, 5.41) is 21.9. The van der Waals surface area contributed by atoms with Crippen LogP contribution in [-0.2, 0) is 27.5 Å². The number of hydrogen-bond donors (Lipinski definition) is 3. The Balaban J connectivity index is 0. The number of urea groups is 1. The Kier molecular flexibility index (Phi) is 16.0. The van der Waals surface area contributed by atoms with Crippen molar-refractivity contribution in [2.75, 3.05) is 13.2 Å². The van der Waals surface area contributed by atoms with Crippen molar-refractivity contribution in [2.24, 2.45) is 0 Å². The van der Waals surface area contributed by atoms with E-state index in [-0.39, 0.29) is 95.2 Å². The Labute approximate surface area is 244 Å². The summed E-state index contributed by atoms with van der Waals surface area (Å²) in [7, 11) is -11.4. The number of carbonyl (C=O) groups excluding carboxylic acids is 2. The maximum atomic E-state index is 11.8. The van der Waals surface area contributed by atoms with Gasteiger partial charge in [-0.2, -0.15) is 0 Å². The number of nitrogens with zero attached hydrogens (tertiary/aromatic N) is 1. The number of nitrogens with one attached hydrogen (secondary N) is 1. The molecule has 2 heterocycles. The quantitative estimate of drug-likeness (QED) is 0.112. The van der Waals surface area contributed by atoms with Crippen LogP contribution in [0.4, 0.5) is 4.79 Å². The molecule has 2 saturated heterocycles. The molecule has 6 atom stereocenters. The molecule has 2 rings (SSSR count). The molecule has 0 saturated carbocycles. The summed E-state index contributed by atoms with van der Waals surface area (Å²) in [5.41, 5.74) is 0. The van der Waals surface area contributed by atoms with Gasteiger partial charge in [0.2, 0.25) is 5.91 Å². The summed E-state index contributed by atoms with van der Waals surface area (Å²) >= 11 is 1.74. The number of amides is 3. The van der Waals surface area contributed by atoms with E-state index in [0.717, 1.165) is 4.90 Å². The number of ether oxygens (including phenoxy) is 1. The molecule has 0 aromatic rings. The third kappa shape index (κ3) is 9.91. The molecule has 0 aromatic carbocycles. The van der Waals surface area contributed by atoms with Gasteiger partial charge in [-0.3, -0.25) is 23.9 Å². The summed E-state index contributed by atoms with van der Waals surface area (Å²) in [6.45, 7) is -1.15. The maximum Gasteiger partial charge on any atom is 1.00 e. The monoisotopic (exact) mass is 598 g/mol. The van der Waals surface area contributed by atoms with Gasteiger partial charge in [0, 0.05) is 6.54 Å². The summed E-state index contributed by atoms with van der Waals surface area (Å²) in [6.07, 6.45) is -6.33. The number of hydrogen-bond acceptors (Lipinski definition) is 12. The minimum absolute atomic E-state index is 0. The van der Waals surface area contributed by atoms with Crippen molar-refractivity contribution in [1.29, 1.82) is 0 Å². The van der Waals surface area contributed by atoms with Gasteiger partial charge in [-0.15, -0.1) is 0 Å². The summed E-state index contributed by atoms with van der Waals surface area (Å²) in [5.74, 6) is -0.552. The van der Waals surface area contributed by atoms with Gasteiger partial charge in [0.05, 0.1) is 14.4 Å². The molecule has 0 radical (unpaired) electrons. The fraction of sp³-hybridized carbons (Fsp3) is 0.778. The molecule has 3 N–H and O–H groups in total. The fourth-order valence-electron chi connectivity index (χ4n) is 2.25. The van der Waals surface area contributed by atoms with Crippen molar-refractivity contribution >= 4 is 50.2 Å².